The van der Waals surface area contributed by atoms with E-state index in [1.54, 1.807) is 0 Å². The van der Waals surface area contributed by atoms with E-state index in [-0.39, 0.29) is 0 Å². The van der Waals surface area contributed by atoms with Gasteiger partial charge < -0.3 is 5.73 Å². The van der Waals surface area contributed by atoms with Crippen molar-refractivity contribution in [3.8, 4) is 0 Å². The lowest BCUT2D eigenvalue weighted by atomic mass is 10.2. The summed E-state index contributed by atoms with van der Waals surface area (Å²) in [6.45, 7) is 2.38. The highest BCUT2D eigenvalue weighted by atomic mass is 16.5. The predicted molar refractivity (Wildman–Crippen MR) is 37.6 cm³/mol. The van der Waals surface area contributed by atoms with E-state index in [9.17, 15) is 4.79 Å². The first kappa shape index (κ1) is 9.23. The Labute approximate surface area is 60.6 Å². The number of hydrogen-bond donors (Lipinski definition) is 2. The molecule has 0 aromatic rings. The van der Waals surface area contributed by atoms with Crippen LogP contribution in [0.3, 0.4) is 0 Å². The molecule has 0 unspecified atom stereocenters. The van der Waals surface area contributed by atoms with Gasteiger partial charge in [-0.25, -0.2) is 9.86 Å². The van der Waals surface area contributed by atoms with Crippen LogP contribution in [0.1, 0.15) is 26.2 Å². The molecule has 0 aliphatic heterocycles. The number of hydroxylamine groups is 2. The number of nitrogens with zero attached hydrogens (tertiary/aromatic N) is 1. The van der Waals surface area contributed by atoms with Gasteiger partial charge in [-0.2, -0.15) is 0 Å². The van der Waals surface area contributed by atoms with Gasteiger partial charge in [0.2, 0.25) is 0 Å². The standard InChI is InChI=1S/C6H14N2O2/c1-2-3-4-5-8(10)6(7)9/h10H,2-5H2,1H3,(H2,7,9). The third-order valence-corrected chi connectivity index (χ3v) is 1.23. The first-order chi connectivity index (χ1) is 4.68. The Morgan fingerprint density at radius 2 is 2.20 bits per heavy atom. The highest BCUT2D eigenvalue weighted by Crippen LogP contribution is 1.94. The van der Waals surface area contributed by atoms with Gasteiger partial charge in [-0.05, 0) is 6.42 Å². The van der Waals surface area contributed by atoms with Crippen LogP contribution in [-0.4, -0.2) is 22.8 Å². The molecule has 0 aromatic heterocycles. The van der Waals surface area contributed by atoms with Gasteiger partial charge in [-0.15, -0.1) is 0 Å². The lowest BCUT2D eigenvalue weighted by molar-refractivity contribution is -0.0402. The smallest absolute Gasteiger partial charge is 0.338 e. The number of rotatable bonds is 4. The van der Waals surface area contributed by atoms with Gasteiger partial charge in [-0.1, -0.05) is 19.8 Å². The summed E-state index contributed by atoms with van der Waals surface area (Å²) < 4.78 is 0. The fourth-order valence-electron chi connectivity index (χ4n) is 0.622. The lowest BCUT2D eigenvalue weighted by Crippen LogP contribution is -2.33. The summed E-state index contributed by atoms with van der Waals surface area (Å²) in [5, 5.41) is 9.25. The number of carbonyl (C=O) groups is 1. The zero-order valence-corrected chi connectivity index (χ0v) is 6.21. The Bertz CT molecular complexity index is 106. The minimum absolute atomic E-state index is 0.336. The van der Waals surface area contributed by atoms with E-state index in [4.69, 9.17) is 10.9 Å². The first-order valence-corrected chi connectivity index (χ1v) is 3.44. The molecule has 0 aliphatic rings. The van der Waals surface area contributed by atoms with E-state index in [1.165, 1.54) is 0 Å². The monoisotopic (exact) mass is 146 g/mol. The Morgan fingerprint density at radius 3 is 2.60 bits per heavy atom. The normalized spacial score (nSPS) is 9.40. The van der Waals surface area contributed by atoms with E-state index >= 15 is 0 Å². The summed E-state index contributed by atoms with van der Waals surface area (Å²) in [7, 11) is 0. The molecule has 0 spiro atoms. The third-order valence-electron chi connectivity index (χ3n) is 1.23. The van der Waals surface area contributed by atoms with E-state index < -0.39 is 6.03 Å². The Morgan fingerprint density at radius 1 is 1.60 bits per heavy atom. The fourth-order valence-corrected chi connectivity index (χ4v) is 0.622. The van der Waals surface area contributed by atoms with Gasteiger partial charge in [0.05, 0.1) is 6.54 Å². The van der Waals surface area contributed by atoms with E-state index in [2.05, 4.69) is 0 Å². The summed E-state index contributed by atoms with van der Waals surface area (Å²) in [6.07, 6.45) is 2.87. The largest absolute Gasteiger partial charge is 0.350 e. The minimum atomic E-state index is -0.781. The van der Waals surface area contributed by atoms with E-state index in [0.717, 1.165) is 19.3 Å². The number of unbranched alkanes of at least 4 members (excludes halogenated alkanes) is 2. The van der Waals surface area contributed by atoms with Crippen molar-refractivity contribution in [1.29, 1.82) is 0 Å². The summed E-state index contributed by atoms with van der Waals surface area (Å²) in [5.74, 6) is 0. The van der Waals surface area contributed by atoms with Crippen molar-refractivity contribution in [3.05, 3.63) is 0 Å². The van der Waals surface area contributed by atoms with Crippen molar-refractivity contribution < 1.29 is 10.0 Å². The molecule has 2 amide bonds. The number of hydrogen-bond acceptors (Lipinski definition) is 2. The summed E-state index contributed by atoms with van der Waals surface area (Å²) >= 11 is 0. The Hall–Kier alpha value is -0.770. The molecule has 0 radical (unpaired) electrons. The van der Waals surface area contributed by atoms with Crippen molar-refractivity contribution in [2.45, 2.75) is 26.2 Å². The van der Waals surface area contributed by atoms with Gasteiger partial charge in [0, 0.05) is 0 Å². The molecule has 0 bridgehead atoms. The second-order valence-electron chi connectivity index (χ2n) is 2.17. The molecule has 0 aliphatic carbocycles. The van der Waals surface area contributed by atoms with Crippen LogP contribution in [0, 0.1) is 0 Å². The molecule has 4 heteroatoms. The number of urea groups is 1. The molecule has 0 heterocycles. The highest BCUT2D eigenvalue weighted by molar-refractivity contribution is 5.70. The van der Waals surface area contributed by atoms with Crippen molar-refractivity contribution in [3.63, 3.8) is 0 Å². The summed E-state index contributed by atoms with van der Waals surface area (Å²) in [6, 6.07) is -0.781. The van der Waals surface area contributed by atoms with Gasteiger partial charge >= 0.3 is 6.03 Å². The van der Waals surface area contributed by atoms with Gasteiger partial charge in [0.15, 0.2) is 0 Å². The molecule has 0 saturated heterocycles. The minimum Gasteiger partial charge on any atom is -0.350 e. The van der Waals surface area contributed by atoms with Crippen LogP contribution in [0.15, 0.2) is 0 Å². The molecule has 10 heavy (non-hydrogen) atoms. The van der Waals surface area contributed by atoms with Crippen molar-refractivity contribution in [2.75, 3.05) is 6.54 Å². The van der Waals surface area contributed by atoms with Crippen LogP contribution in [-0.2, 0) is 0 Å². The van der Waals surface area contributed by atoms with Crippen molar-refractivity contribution >= 4 is 6.03 Å². The third kappa shape index (κ3) is 4.14. The molecular weight excluding hydrogens is 132 g/mol. The summed E-state index contributed by atoms with van der Waals surface area (Å²) in [5.41, 5.74) is 4.76. The molecule has 0 aromatic carbocycles. The average molecular weight is 146 g/mol. The molecule has 0 rings (SSSR count). The molecule has 3 N–H and O–H groups in total. The second-order valence-corrected chi connectivity index (χ2v) is 2.17. The van der Waals surface area contributed by atoms with Crippen molar-refractivity contribution in [1.82, 2.24) is 5.06 Å². The average Bonchev–Trinajstić information content (AvgIpc) is 1.88. The number of nitrogens with two attached hydrogens (primary N) is 1. The van der Waals surface area contributed by atoms with Crippen molar-refractivity contribution in [2.24, 2.45) is 5.73 Å². The molecule has 0 fully saturated rings. The SMILES string of the molecule is CCCCCN(O)C(N)=O. The molecule has 60 valence electrons. The second kappa shape index (κ2) is 5.05. The van der Waals surface area contributed by atoms with E-state index in [0.29, 0.717) is 11.6 Å². The van der Waals surface area contributed by atoms with Gasteiger partial charge in [0.1, 0.15) is 0 Å². The zero-order valence-electron chi connectivity index (χ0n) is 6.21. The Balaban J connectivity index is 3.21. The van der Waals surface area contributed by atoms with Crippen LogP contribution in [0.5, 0.6) is 0 Å². The number of primary amides is 1. The molecule has 0 saturated carbocycles. The maximum Gasteiger partial charge on any atom is 0.338 e. The topological polar surface area (TPSA) is 66.6 Å². The van der Waals surface area contributed by atoms with Crippen LogP contribution >= 0.6 is 0 Å². The Kier molecular flexibility index (Phi) is 4.66. The molecular formula is C6H14N2O2. The lowest BCUT2D eigenvalue weighted by Gasteiger charge is -2.10. The van der Waals surface area contributed by atoms with Crippen LogP contribution in [0.25, 0.3) is 0 Å². The quantitative estimate of drug-likeness (QED) is 0.352. The first-order valence-electron chi connectivity index (χ1n) is 3.44. The van der Waals surface area contributed by atoms with Crippen LogP contribution in [0.4, 0.5) is 4.79 Å². The zero-order chi connectivity index (χ0) is 7.98. The number of carbonyl (C=O) groups excluding carboxylic acids is 1. The van der Waals surface area contributed by atoms with Gasteiger partial charge in [0.25, 0.3) is 0 Å². The summed E-state index contributed by atoms with van der Waals surface area (Å²) in [4.78, 5) is 10.2. The van der Waals surface area contributed by atoms with Crippen LogP contribution < -0.4 is 5.73 Å². The number of amides is 2. The molecule has 4 nitrogen and oxygen atoms in total. The fraction of sp³-hybridized carbons (Fsp3) is 0.833. The predicted octanol–water partition coefficient (Wildman–Crippen LogP) is 0.946. The van der Waals surface area contributed by atoms with Gasteiger partial charge in [-0.3, -0.25) is 5.21 Å². The highest BCUT2D eigenvalue weighted by Gasteiger charge is 2.02. The van der Waals surface area contributed by atoms with E-state index in [1.807, 2.05) is 6.92 Å². The maximum absolute atomic E-state index is 10.2. The van der Waals surface area contributed by atoms with Crippen LogP contribution in [0.2, 0.25) is 0 Å². The molecule has 0 atom stereocenters. The maximum atomic E-state index is 10.2.